The van der Waals surface area contributed by atoms with E-state index in [2.05, 4.69) is 45.9 Å². The molecule has 0 fully saturated rings. The van der Waals surface area contributed by atoms with Crippen LogP contribution in [0.3, 0.4) is 0 Å². The second kappa shape index (κ2) is 14.3. The Bertz CT molecular complexity index is 195. The van der Waals surface area contributed by atoms with Crippen molar-refractivity contribution in [2.75, 3.05) is 0 Å². The van der Waals surface area contributed by atoms with E-state index in [1.54, 1.807) is 0 Å². The van der Waals surface area contributed by atoms with Crippen LogP contribution >= 0.6 is 0 Å². The van der Waals surface area contributed by atoms with Gasteiger partial charge in [0.15, 0.2) is 0 Å². The molecule has 1 rings (SSSR count). The first kappa shape index (κ1) is 20.7. The van der Waals surface area contributed by atoms with Gasteiger partial charge in [0.05, 0.1) is 0 Å². The van der Waals surface area contributed by atoms with Crippen molar-refractivity contribution in [3.63, 3.8) is 0 Å². The van der Waals surface area contributed by atoms with Crippen LogP contribution in [0.2, 0.25) is 0 Å². The van der Waals surface area contributed by atoms with Crippen LogP contribution < -0.4 is 0 Å². The van der Waals surface area contributed by atoms with E-state index in [-0.39, 0.29) is 40.1 Å². The van der Waals surface area contributed by atoms with Gasteiger partial charge in [-0.2, -0.15) is 35.4 Å². The van der Waals surface area contributed by atoms with Crippen molar-refractivity contribution in [1.29, 1.82) is 0 Å². The van der Waals surface area contributed by atoms with Crippen LogP contribution in [0.4, 0.5) is 0 Å². The molecule has 0 spiro atoms. The molecule has 0 aliphatic rings. The molecule has 0 aliphatic heterocycles. The van der Waals surface area contributed by atoms with E-state index in [9.17, 15) is 0 Å². The Hall–Kier alpha value is 0.324. The van der Waals surface area contributed by atoms with Crippen molar-refractivity contribution in [3.05, 3.63) is 42.8 Å². The number of hydrogen-bond acceptors (Lipinski definition) is 0. The van der Waals surface area contributed by atoms with Crippen molar-refractivity contribution in [2.45, 2.75) is 47.0 Å². The number of benzene rings is 1. The van der Waals surface area contributed by atoms with E-state index in [1.807, 2.05) is 6.07 Å². The van der Waals surface area contributed by atoms with E-state index in [0.717, 1.165) is 12.8 Å². The van der Waals surface area contributed by atoms with Gasteiger partial charge in [0.25, 0.3) is 0 Å². The van der Waals surface area contributed by atoms with Gasteiger partial charge >= 0.3 is 0 Å². The predicted octanol–water partition coefficient (Wildman–Crippen LogP) is 4.48. The molecule has 1 radical (unpaired) electrons. The Balaban J connectivity index is -0.000000260. The van der Waals surface area contributed by atoms with Crippen LogP contribution in [0, 0.1) is 13.5 Å². The molecule has 0 heterocycles. The standard InChI is InChI=1S/C10H13.C3H8.CH3.Y/c1-3-9-7-5-6-8-10(9)4-2;1-3-2;;/h5,7-8H,3-4H2,1-2H3;3H2,1-2H3;1H3;/q-1;;-1;. The minimum atomic E-state index is 0. The van der Waals surface area contributed by atoms with Gasteiger partial charge in [0, 0.05) is 32.7 Å². The molecule has 85 valence electrons. The third kappa shape index (κ3) is 9.26. The van der Waals surface area contributed by atoms with Crippen molar-refractivity contribution in [1.82, 2.24) is 0 Å². The number of aryl methyl sites for hydroxylation is 2. The predicted molar refractivity (Wildman–Crippen MR) is 66.4 cm³/mol. The average molecular weight is 281 g/mol. The van der Waals surface area contributed by atoms with Crippen molar-refractivity contribution >= 4 is 0 Å². The zero-order valence-corrected chi connectivity index (χ0v) is 13.8. The second-order valence-electron chi connectivity index (χ2n) is 3.11. The molecule has 15 heavy (non-hydrogen) atoms. The molecule has 0 nitrogen and oxygen atoms in total. The summed E-state index contributed by atoms with van der Waals surface area (Å²) in [7, 11) is 0. The summed E-state index contributed by atoms with van der Waals surface area (Å²) in [6.07, 6.45) is 3.51. The van der Waals surface area contributed by atoms with Crippen LogP contribution in [0.25, 0.3) is 0 Å². The monoisotopic (exact) mass is 281 g/mol. The molecule has 0 saturated heterocycles. The zero-order chi connectivity index (χ0) is 10.1. The van der Waals surface area contributed by atoms with E-state index in [4.69, 9.17) is 0 Å². The van der Waals surface area contributed by atoms with Crippen LogP contribution in [0.15, 0.2) is 18.2 Å². The fraction of sp³-hybridized carbons (Fsp3) is 0.500. The molecule has 0 unspecified atom stereocenters. The number of hydrogen-bond donors (Lipinski definition) is 0. The Morgan fingerprint density at radius 2 is 1.47 bits per heavy atom. The van der Waals surface area contributed by atoms with Crippen LogP contribution in [0.1, 0.15) is 45.2 Å². The molecule has 0 aliphatic carbocycles. The van der Waals surface area contributed by atoms with Gasteiger partial charge in [-0.05, 0) is 0 Å². The minimum Gasteiger partial charge on any atom is -0.358 e. The molecule has 1 aromatic carbocycles. The summed E-state index contributed by atoms with van der Waals surface area (Å²) in [6, 6.07) is 9.30. The van der Waals surface area contributed by atoms with Gasteiger partial charge in [0.2, 0.25) is 0 Å². The Kier molecular flexibility index (Phi) is 19.8. The summed E-state index contributed by atoms with van der Waals surface area (Å²) >= 11 is 0. The Labute approximate surface area is 122 Å². The molecule has 0 N–H and O–H groups in total. The molecule has 0 atom stereocenters. The molecule has 0 bridgehead atoms. The quantitative estimate of drug-likeness (QED) is 0.701. The molecule has 0 amide bonds. The fourth-order valence-corrected chi connectivity index (χ4v) is 1.17. The van der Waals surface area contributed by atoms with Gasteiger partial charge < -0.3 is 7.43 Å². The summed E-state index contributed by atoms with van der Waals surface area (Å²) < 4.78 is 0. The fourth-order valence-electron chi connectivity index (χ4n) is 1.17. The summed E-state index contributed by atoms with van der Waals surface area (Å²) in [6.45, 7) is 8.62. The van der Waals surface area contributed by atoms with Gasteiger partial charge in [0.1, 0.15) is 0 Å². The second-order valence-corrected chi connectivity index (χ2v) is 3.11. The Morgan fingerprint density at radius 1 is 1.00 bits per heavy atom. The van der Waals surface area contributed by atoms with Crippen molar-refractivity contribution in [2.24, 2.45) is 0 Å². The largest absolute Gasteiger partial charge is 0.358 e. The normalized spacial score (nSPS) is 7.73. The maximum atomic E-state index is 3.09. The summed E-state index contributed by atoms with van der Waals surface area (Å²) in [5.41, 5.74) is 2.89. The smallest absolute Gasteiger partial charge is 0 e. The molecular weight excluding hydrogens is 257 g/mol. The molecule has 1 heteroatoms. The van der Waals surface area contributed by atoms with E-state index in [1.165, 1.54) is 17.5 Å². The SMILES string of the molecule is CCC.CCc1c[c-]ccc1CC.[CH3-].[Y]. The molecule has 1 aromatic rings. The maximum Gasteiger partial charge on any atom is 0 e. The molecule has 0 saturated carbocycles. The van der Waals surface area contributed by atoms with Gasteiger partial charge in [-0.1, -0.05) is 47.0 Å². The van der Waals surface area contributed by atoms with Gasteiger partial charge in [-0.25, -0.2) is 0 Å². The minimum absolute atomic E-state index is 0. The van der Waals surface area contributed by atoms with Crippen LogP contribution in [-0.4, -0.2) is 0 Å². The zero-order valence-electron chi connectivity index (χ0n) is 10.9. The van der Waals surface area contributed by atoms with E-state index < -0.39 is 0 Å². The van der Waals surface area contributed by atoms with Gasteiger partial charge in [-0.3, -0.25) is 0 Å². The first-order chi connectivity index (χ1) is 6.29. The number of rotatable bonds is 2. The first-order valence-corrected chi connectivity index (χ1v) is 5.27. The van der Waals surface area contributed by atoms with Gasteiger partial charge in [-0.15, -0.1) is 0 Å². The topological polar surface area (TPSA) is 0 Å². The van der Waals surface area contributed by atoms with E-state index in [0.29, 0.717) is 0 Å². The van der Waals surface area contributed by atoms with Crippen molar-refractivity contribution in [3.8, 4) is 0 Å². The third-order valence-corrected chi connectivity index (χ3v) is 1.81. The molecule has 0 aromatic heterocycles. The summed E-state index contributed by atoms with van der Waals surface area (Å²) in [4.78, 5) is 0. The average Bonchev–Trinajstić information content (AvgIpc) is 2.19. The maximum absolute atomic E-state index is 3.09. The van der Waals surface area contributed by atoms with Crippen molar-refractivity contribution < 1.29 is 32.7 Å². The third-order valence-electron chi connectivity index (χ3n) is 1.81. The van der Waals surface area contributed by atoms with Crippen LogP contribution in [-0.2, 0) is 45.6 Å². The summed E-state index contributed by atoms with van der Waals surface area (Å²) in [5, 5.41) is 0. The first-order valence-electron chi connectivity index (χ1n) is 5.27. The summed E-state index contributed by atoms with van der Waals surface area (Å²) in [5.74, 6) is 0. The molecular formula is C14H24Y-2. The van der Waals surface area contributed by atoms with E-state index >= 15 is 0 Å². The van der Waals surface area contributed by atoms with Crippen LogP contribution in [0.5, 0.6) is 0 Å². The Morgan fingerprint density at radius 3 is 1.80 bits per heavy atom.